The van der Waals surface area contributed by atoms with Crippen molar-refractivity contribution >= 4 is 11.8 Å². The average Bonchev–Trinajstić information content (AvgIpc) is 2.19. The Hall–Kier alpha value is -1.72. The summed E-state index contributed by atoms with van der Waals surface area (Å²) in [4.78, 5) is 11.0. The van der Waals surface area contributed by atoms with Gasteiger partial charge in [-0.15, -0.1) is 5.10 Å². The molecule has 0 aromatic carbocycles. The lowest BCUT2D eigenvalue weighted by molar-refractivity contribution is 0.0696. The van der Waals surface area contributed by atoms with Gasteiger partial charge in [-0.3, -0.25) is 0 Å². The first-order chi connectivity index (χ1) is 7.07. The summed E-state index contributed by atoms with van der Waals surface area (Å²) in [6.07, 6.45) is 0. The predicted octanol–water partition coefficient (Wildman–Crippen LogP) is 1.17. The third kappa shape index (κ3) is 2.39. The van der Waals surface area contributed by atoms with Crippen LogP contribution in [0.1, 0.15) is 21.6 Å². The fraction of sp³-hybridized carbons (Fsp3) is 0.444. The van der Waals surface area contributed by atoms with Crippen molar-refractivity contribution in [2.45, 2.75) is 13.8 Å². The lowest BCUT2D eigenvalue weighted by atomic mass is 10.1. The summed E-state index contributed by atoms with van der Waals surface area (Å²) in [6, 6.07) is 0. The van der Waals surface area contributed by atoms with E-state index >= 15 is 0 Å². The molecule has 1 rings (SSSR count). The topological polar surface area (TPSA) is 75.1 Å². The summed E-state index contributed by atoms with van der Waals surface area (Å²) in [5, 5.41) is 19.0. The molecule has 1 aromatic heterocycles. The number of aryl methyl sites for hydroxylation is 1. The average molecular weight is 213 g/mol. The van der Waals surface area contributed by atoms with E-state index in [1.807, 2.05) is 0 Å². The molecule has 0 aliphatic heterocycles. The van der Waals surface area contributed by atoms with Crippen molar-refractivity contribution in [1.82, 2.24) is 10.2 Å². The quantitative estimate of drug-likeness (QED) is 0.785. The summed E-state index contributed by atoms with van der Waals surface area (Å²) >= 11 is 0. The number of nitrogens with one attached hydrogen (secondary N) is 1. The molecule has 1 aromatic rings. The van der Waals surface area contributed by atoms with E-state index in [-0.39, 0.29) is 17.9 Å². The van der Waals surface area contributed by atoms with Crippen molar-refractivity contribution < 1.29 is 14.3 Å². The second-order valence-electron chi connectivity index (χ2n) is 3.05. The Morgan fingerprint density at radius 1 is 1.47 bits per heavy atom. The molecule has 0 bridgehead atoms. The van der Waals surface area contributed by atoms with Gasteiger partial charge in [0.15, 0.2) is 5.82 Å². The SMILES string of the molecule is Cc1nnc(NCCF)c(C(=O)O)c1C. The van der Waals surface area contributed by atoms with Gasteiger partial charge in [0.2, 0.25) is 0 Å². The number of carbonyl (C=O) groups is 1. The lowest BCUT2D eigenvalue weighted by Crippen LogP contribution is -2.14. The second kappa shape index (κ2) is 4.68. The number of hydrogen-bond acceptors (Lipinski definition) is 4. The van der Waals surface area contributed by atoms with Crippen LogP contribution in [0.25, 0.3) is 0 Å². The number of hydrogen-bond donors (Lipinski definition) is 2. The van der Waals surface area contributed by atoms with E-state index in [0.29, 0.717) is 11.3 Å². The van der Waals surface area contributed by atoms with Gasteiger partial charge in [-0.05, 0) is 19.4 Å². The zero-order valence-corrected chi connectivity index (χ0v) is 8.54. The van der Waals surface area contributed by atoms with Crippen LogP contribution < -0.4 is 5.32 Å². The molecule has 0 saturated heterocycles. The smallest absolute Gasteiger partial charge is 0.339 e. The number of halogens is 1. The number of alkyl halides is 1. The van der Waals surface area contributed by atoms with E-state index in [1.165, 1.54) is 0 Å². The van der Waals surface area contributed by atoms with E-state index in [2.05, 4.69) is 15.5 Å². The minimum Gasteiger partial charge on any atom is -0.478 e. The van der Waals surface area contributed by atoms with Gasteiger partial charge >= 0.3 is 5.97 Å². The Morgan fingerprint density at radius 3 is 2.67 bits per heavy atom. The van der Waals surface area contributed by atoms with Crippen LogP contribution in [0, 0.1) is 13.8 Å². The third-order valence-corrected chi connectivity index (χ3v) is 2.06. The van der Waals surface area contributed by atoms with Crippen molar-refractivity contribution in [2.75, 3.05) is 18.5 Å². The number of aromatic nitrogens is 2. The molecule has 0 aliphatic rings. The maximum Gasteiger partial charge on any atom is 0.339 e. The molecule has 2 N–H and O–H groups in total. The van der Waals surface area contributed by atoms with Gasteiger partial charge in [-0.2, -0.15) is 5.10 Å². The summed E-state index contributed by atoms with van der Waals surface area (Å²) in [6.45, 7) is 2.76. The van der Waals surface area contributed by atoms with Crippen molar-refractivity contribution in [2.24, 2.45) is 0 Å². The van der Waals surface area contributed by atoms with E-state index in [0.717, 1.165) is 0 Å². The van der Waals surface area contributed by atoms with E-state index in [4.69, 9.17) is 5.11 Å². The molecule has 82 valence electrons. The lowest BCUT2D eigenvalue weighted by Gasteiger charge is -2.09. The molecule has 0 radical (unpaired) electrons. The molecule has 0 amide bonds. The summed E-state index contributed by atoms with van der Waals surface area (Å²) in [5.74, 6) is -0.977. The van der Waals surface area contributed by atoms with E-state index in [1.54, 1.807) is 13.8 Å². The molecule has 0 unspecified atom stereocenters. The van der Waals surface area contributed by atoms with Gasteiger partial charge in [-0.25, -0.2) is 9.18 Å². The number of carboxylic acid groups (broad SMARTS) is 1. The molecule has 0 spiro atoms. The van der Waals surface area contributed by atoms with E-state index < -0.39 is 12.6 Å². The maximum absolute atomic E-state index is 11.9. The van der Waals surface area contributed by atoms with Crippen LogP contribution >= 0.6 is 0 Å². The molecule has 15 heavy (non-hydrogen) atoms. The zero-order chi connectivity index (χ0) is 11.4. The zero-order valence-electron chi connectivity index (χ0n) is 8.54. The predicted molar refractivity (Wildman–Crippen MR) is 52.9 cm³/mol. The van der Waals surface area contributed by atoms with E-state index in [9.17, 15) is 9.18 Å². The Kier molecular flexibility index (Phi) is 3.54. The van der Waals surface area contributed by atoms with Crippen LogP contribution in [0.2, 0.25) is 0 Å². The van der Waals surface area contributed by atoms with Crippen molar-refractivity contribution in [1.29, 1.82) is 0 Å². The normalized spacial score (nSPS) is 10.1. The number of rotatable bonds is 4. The van der Waals surface area contributed by atoms with Crippen LogP contribution in [0.5, 0.6) is 0 Å². The van der Waals surface area contributed by atoms with Crippen molar-refractivity contribution in [3.05, 3.63) is 16.8 Å². The number of carboxylic acids is 1. The maximum atomic E-state index is 11.9. The van der Waals surface area contributed by atoms with Crippen molar-refractivity contribution in [3.8, 4) is 0 Å². The van der Waals surface area contributed by atoms with Gasteiger partial charge in [0.25, 0.3) is 0 Å². The second-order valence-corrected chi connectivity index (χ2v) is 3.05. The molecule has 0 aliphatic carbocycles. The number of anilines is 1. The monoisotopic (exact) mass is 213 g/mol. The minimum atomic E-state index is -1.09. The standard InChI is InChI=1S/C9H12FN3O2/c1-5-6(2)12-13-8(11-4-3-10)7(5)9(14)15/h3-4H2,1-2H3,(H,11,13)(H,14,15). The van der Waals surface area contributed by atoms with Crippen LogP contribution in [-0.2, 0) is 0 Å². The molecular weight excluding hydrogens is 201 g/mol. The minimum absolute atomic E-state index is 0.0253. The van der Waals surface area contributed by atoms with Crippen LogP contribution in [0.15, 0.2) is 0 Å². The first-order valence-corrected chi connectivity index (χ1v) is 4.45. The third-order valence-electron chi connectivity index (χ3n) is 2.06. The highest BCUT2D eigenvalue weighted by molar-refractivity contribution is 5.94. The fourth-order valence-corrected chi connectivity index (χ4v) is 1.16. The highest BCUT2D eigenvalue weighted by Gasteiger charge is 2.16. The van der Waals surface area contributed by atoms with Gasteiger partial charge in [0.1, 0.15) is 12.2 Å². The van der Waals surface area contributed by atoms with Gasteiger partial charge in [0.05, 0.1) is 5.69 Å². The molecular formula is C9H12FN3O2. The first-order valence-electron chi connectivity index (χ1n) is 4.45. The Balaban J connectivity index is 3.15. The molecule has 0 saturated carbocycles. The fourth-order valence-electron chi connectivity index (χ4n) is 1.16. The Morgan fingerprint density at radius 2 is 2.13 bits per heavy atom. The molecule has 1 heterocycles. The first kappa shape index (κ1) is 11.4. The number of nitrogens with zero attached hydrogens (tertiary/aromatic N) is 2. The molecule has 0 fully saturated rings. The van der Waals surface area contributed by atoms with Crippen LogP contribution in [0.4, 0.5) is 10.2 Å². The van der Waals surface area contributed by atoms with Crippen LogP contribution in [-0.4, -0.2) is 34.5 Å². The molecule has 0 atom stereocenters. The molecule has 5 nitrogen and oxygen atoms in total. The van der Waals surface area contributed by atoms with Gasteiger partial charge in [0, 0.05) is 6.54 Å². The number of aromatic carboxylic acids is 1. The van der Waals surface area contributed by atoms with Gasteiger partial charge < -0.3 is 10.4 Å². The summed E-state index contributed by atoms with van der Waals surface area (Å²) < 4.78 is 11.9. The highest BCUT2D eigenvalue weighted by Crippen LogP contribution is 2.17. The molecule has 6 heteroatoms. The highest BCUT2D eigenvalue weighted by atomic mass is 19.1. The Bertz CT molecular complexity index is 382. The largest absolute Gasteiger partial charge is 0.478 e. The van der Waals surface area contributed by atoms with Crippen molar-refractivity contribution in [3.63, 3.8) is 0 Å². The summed E-state index contributed by atoms with van der Waals surface area (Å²) in [5.41, 5.74) is 1.15. The Labute approximate surface area is 86.3 Å². The summed E-state index contributed by atoms with van der Waals surface area (Å²) in [7, 11) is 0. The van der Waals surface area contributed by atoms with Crippen LogP contribution in [0.3, 0.4) is 0 Å². The van der Waals surface area contributed by atoms with Gasteiger partial charge in [-0.1, -0.05) is 0 Å².